The first-order chi connectivity index (χ1) is 17.6. The molecule has 0 saturated carbocycles. The fraction of sp³-hybridized carbons (Fsp3) is 0.440. The Labute approximate surface area is 221 Å². The van der Waals surface area contributed by atoms with Crippen LogP contribution in [0.5, 0.6) is 0 Å². The number of nitrogens with zero attached hydrogens (tertiary/aromatic N) is 4. The minimum atomic E-state index is -3.55. The lowest BCUT2D eigenvalue weighted by molar-refractivity contribution is 0.0746. The Morgan fingerprint density at radius 2 is 1.43 bits per heavy atom. The number of fused-ring (bicyclic) bond motifs is 1. The minimum absolute atomic E-state index is 0.125. The molecule has 0 unspecified atom stereocenters. The third kappa shape index (κ3) is 5.52. The van der Waals surface area contributed by atoms with Crippen LogP contribution < -0.4 is 4.90 Å². The summed E-state index contributed by atoms with van der Waals surface area (Å²) in [5.41, 5.74) is 1.22. The van der Waals surface area contributed by atoms with Gasteiger partial charge in [-0.2, -0.15) is 4.31 Å². The van der Waals surface area contributed by atoms with Crippen molar-refractivity contribution >= 4 is 52.5 Å². The molecular formula is C25H30N4O5S3. The van der Waals surface area contributed by atoms with Crippen molar-refractivity contribution in [1.29, 1.82) is 0 Å². The van der Waals surface area contributed by atoms with Crippen molar-refractivity contribution in [2.75, 3.05) is 50.4 Å². The van der Waals surface area contributed by atoms with Crippen LogP contribution in [0.4, 0.5) is 5.13 Å². The predicted molar refractivity (Wildman–Crippen MR) is 145 cm³/mol. The molecular weight excluding hydrogens is 532 g/mol. The van der Waals surface area contributed by atoms with Crippen molar-refractivity contribution in [2.24, 2.45) is 0 Å². The molecule has 3 aromatic rings. The number of rotatable bonds is 5. The second kappa shape index (κ2) is 10.3. The molecule has 1 amide bonds. The van der Waals surface area contributed by atoms with E-state index in [1.54, 1.807) is 39.5 Å². The molecule has 0 bridgehead atoms. The van der Waals surface area contributed by atoms with E-state index in [0.29, 0.717) is 44.8 Å². The second-order valence-corrected chi connectivity index (χ2v) is 14.5. The quantitative estimate of drug-likeness (QED) is 0.470. The molecule has 0 N–H and O–H groups in total. The van der Waals surface area contributed by atoms with Crippen LogP contribution in [0.1, 0.15) is 36.0 Å². The van der Waals surface area contributed by atoms with Gasteiger partial charge in [-0.1, -0.05) is 24.2 Å². The molecule has 0 atom stereocenters. The topological polar surface area (TPSA) is 108 Å². The molecule has 0 aliphatic carbocycles. The van der Waals surface area contributed by atoms with Gasteiger partial charge in [0.25, 0.3) is 5.91 Å². The van der Waals surface area contributed by atoms with E-state index >= 15 is 0 Å². The summed E-state index contributed by atoms with van der Waals surface area (Å²) in [6, 6.07) is 11.2. The summed E-state index contributed by atoms with van der Waals surface area (Å²) in [6.07, 6.45) is 5.04. The Bertz CT molecular complexity index is 1500. The summed E-state index contributed by atoms with van der Waals surface area (Å²) >= 11 is 1.44. The van der Waals surface area contributed by atoms with E-state index in [0.717, 1.165) is 41.0 Å². The SMILES string of the molecule is CS(=O)(=O)c1ccc2nc(N3CCN(C(=O)c4ccc(S(=O)(=O)N5CCCCCC5)cc4)CC3)sc2c1. The number of sulfonamides is 1. The molecule has 12 heteroatoms. The summed E-state index contributed by atoms with van der Waals surface area (Å²) in [5.74, 6) is -0.125. The van der Waals surface area contributed by atoms with Crippen LogP contribution in [0.25, 0.3) is 10.2 Å². The fourth-order valence-corrected chi connectivity index (χ4v) is 8.04. The lowest BCUT2D eigenvalue weighted by Gasteiger charge is -2.34. The van der Waals surface area contributed by atoms with Gasteiger partial charge in [-0.05, 0) is 55.3 Å². The van der Waals surface area contributed by atoms with Gasteiger partial charge < -0.3 is 9.80 Å². The highest BCUT2D eigenvalue weighted by Gasteiger charge is 2.27. The van der Waals surface area contributed by atoms with E-state index in [4.69, 9.17) is 0 Å². The van der Waals surface area contributed by atoms with Crippen LogP contribution in [0.2, 0.25) is 0 Å². The zero-order chi connectivity index (χ0) is 26.2. The first kappa shape index (κ1) is 26.1. The van der Waals surface area contributed by atoms with Gasteiger partial charge in [0.15, 0.2) is 15.0 Å². The molecule has 2 aromatic carbocycles. The van der Waals surface area contributed by atoms with Crippen molar-refractivity contribution in [1.82, 2.24) is 14.2 Å². The molecule has 198 valence electrons. The first-order valence-electron chi connectivity index (χ1n) is 12.4. The van der Waals surface area contributed by atoms with Crippen molar-refractivity contribution in [3.8, 4) is 0 Å². The summed E-state index contributed by atoms with van der Waals surface area (Å²) < 4.78 is 52.1. The maximum Gasteiger partial charge on any atom is 0.253 e. The van der Waals surface area contributed by atoms with Crippen molar-refractivity contribution in [2.45, 2.75) is 35.5 Å². The summed E-state index contributed by atoms with van der Waals surface area (Å²) in [5, 5.41) is 0.802. The van der Waals surface area contributed by atoms with Crippen molar-refractivity contribution in [3.05, 3.63) is 48.0 Å². The number of thiazole rings is 1. The number of hydrogen-bond acceptors (Lipinski definition) is 8. The lowest BCUT2D eigenvalue weighted by atomic mass is 10.2. The summed E-state index contributed by atoms with van der Waals surface area (Å²) in [6.45, 7) is 3.31. The van der Waals surface area contributed by atoms with E-state index < -0.39 is 19.9 Å². The third-order valence-electron chi connectivity index (χ3n) is 6.92. The van der Waals surface area contributed by atoms with Crippen molar-refractivity contribution < 1.29 is 21.6 Å². The highest BCUT2D eigenvalue weighted by atomic mass is 32.2. The maximum absolute atomic E-state index is 13.1. The van der Waals surface area contributed by atoms with Crippen LogP contribution in [0.3, 0.4) is 0 Å². The van der Waals surface area contributed by atoms with Gasteiger partial charge in [-0.3, -0.25) is 4.79 Å². The van der Waals surface area contributed by atoms with Crippen LogP contribution in [-0.4, -0.2) is 82.5 Å². The van der Waals surface area contributed by atoms with Crippen LogP contribution >= 0.6 is 11.3 Å². The van der Waals surface area contributed by atoms with E-state index in [9.17, 15) is 21.6 Å². The monoisotopic (exact) mass is 562 g/mol. The number of amides is 1. The number of sulfone groups is 1. The number of carbonyl (C=O) groups is 1. The highest BCUT2D eigenvalue weighted by molar-refractivity contribution is 7.90. The number of piperazine rings is 1. The van der Waals surface area contributed by atoms with E-state index in [1.807, 2.05) is 0 Å². The minimum Gasteiger partial charge on any atom is -0.345 e. The summed E-state index contributed by atoms with van der Waals surface area (Å²) in [4.78, 5) is 22.1. The van der Waals surface area contributed by atoms with Gasteiger partial charge in [0.2, 0.25) is 10.0 Å². The largest absolute Gasteiger partial charge is 0.345 e. The van der Waals surface area contributed by atoms with Crippen LogP contribution in [-0.2, 0) is 19.9 Å². The Hall–Kier alpha value is -2.54. The van der Waals surface area contributed by atoms with E-state index in [-0.39, 0.29) is 15.7 Å². The number of benzene rings is 2. The molecule has 37 heavy (non-hydrogen) atoms. The Morgan fingerprint density at radius 3 is 2.05 bits per heavy atom. The number of carbonyl (C=O) groups excluding carboxylic acids is 1. The van der Waals surface area contributed by atoms with E-state index in [2.05, 4.69) is 9.88 Å². The second-order valence-electron chi connectivity index (χ2n) is 9.52. The van der Waals surface area contributed by atoms with Gasteiger partial charge in [0, 0.05) is 51.1 Å². The molecule has 2 aliphatic heterocycles. The zero-order valence-electron chi connectivity index (χ0n) is 20.7. The maximum atomic E-state index is 13.1. The molecule has 0 spiro atoms. The molecule has 9 nitrogen and oxygen atoms in total. The van der Waals surface area contributed by atoms with Gasteiger partial charge in [-0.25, -0.2) is 21.8 Å². The summed E-state index contributed by atoms with van der Waals surface area (Å²) in [7, 11) is -6.84. The number of hydrogen-bond donors (Lipinski definition) is 0. The molecule has 2 saturated heterocycles. The lowest BCUT2D eigenvalue weighted by Crippen LogP contribution is -2.48. The Kier molecular flexibility index (Phi) is 7.27. The average Bonchev–Trinajstić information content (AvgIpc) is 3.12. The van der Waals surface area contributed by atoms with Crippen LogP contribution in [0, 0.1) is 0 Å². The van der Waals surface area contributed by atoms with Gasteiger partial charge >= 0.3 is 0 Å². The van der Waals surface area contributed by atoms with Gasteiger partial charge in [0.1, 0.15) is 0 Å². The normalized spacial score (nSPS) is 18.2. The van der Waals surface area contributed by atoms with E-state index in [1.165, 1.54) is 29.7 Å². The number of aromatic nitrogens is 1. The van der Waals surface area contributed by atoms with Gasteiger partial charge in [-0.15, -0.1) is 0 Å². The standard InChI is InChI=1S/C25H30N4O5S3/c1-36(31,32)21-10-11-22-23(18-21)35-25(26-22)28-16-14-27(15-17-28)24(30)19-6-8-20(9-7-19)37(33,34)29-12-4-2-3-5-13-29/h6-11,18H,2-5,12-17H2,1H3. The Morgan fingerprint density at radius 1 is 0.811 bits per heavy atom. The predicted octanol–water partition coefficient (Wildman–Crippen LogP) is 3.23. The smallest absolute Gasteiger partial charge is 0.253 e. The van der Waals surface area contributed by atoms with Crippen molar-refractivity contribution in [3.63, 3.8) is 0 Å². The molecule has 0 radical (unpaired) electrons. The Balaban J connectivity index is 1.23. The number of anilines is 1. The molecule has 1 aromatic heterocycles. The third-order valence-corrected chi connectivity index (χ3v) is 11.0. The first-order valence-corrected chi connectivity index (χ1v) is 16.5. The van der Waals surface area contributed by atoms with Crippen LogP contribution in [0.15, 0.2) is 52.3 Å². The fourth-order valence-electron chi connectivity index (χ4n) is 4.74. The van der Waals surface area contributed by atoms with Gasteiger partial charge in [0.05, 0.1) is 20.0 Å². The average molecular weight is 563 g/mol. The molecule has 5 rings (SSSR count). The zero-order valence-corrected chi connectivity index (χ0v) is 23.1. The highest BCUT2D eigenvalue weighted by Crippen LogP contribution is 2.31. The molecule has 3 heterocycles. The molecule has 2 fully saturated rings. The molecule has 2 aliphatic rings.